The molecule has 1 saturated heterocycles. The molecule has 1 fully saturated rings. The molecule has 0 saturated carbocycles. The summed E-state index contributed by atoms with van der Waals surface area (Å²) in [5, 5.41) is 3.95. The lowest BCUT2D eigenvalue weighted by Crippen LogP contribution is -2.52. The van der Waals surface area contributed by atoms with Gasteiger partial charge in [-0.05, 0) is 31.2 Å². The maximum absolute atomic E-state index is 11.9. The van der Waals surface area contributed by atoms with Crippen LogP contribution in [0.15, 0.2) is 24.3 Å². The van der Waals surface area contributed by atoms with Crippen LogP contribution >= 0.6 is 11.6 Å². The molecule has 0 spiro atoms. The van der Waals surface area contributed by atoms with Crippen molar-refractivity contribution in [1.82, 2.24) is 10.2 Å². The average molecular weight is 269 g/mol. The van der Waals surface area contributed by atoms with E-state index in [0.29, 0.717) is 16.8 Å². The second-order valence-corrected chi connectivity index (χ2v) is 4.87. The van der Waals surface area contributed by atoms with Crippen LogP contribution in [0.4, 0.5) is 0 Å². The van der Waals surface area contributed by atoms with Gasteiger partial charge in [0, 0.05) is 30.7 Å². The molecule has 0 bridgehead atoms. The molecule has 1 amide bonds. The molecule has 4 nitrogen and oxygen atoms in total. The van der Waals surface area contributed by atoms with Crippen molar-refractivity contribution in [1.29, 1.82) is 0 Å². The molecule has 1 unspecified atom stereocenters. The molecule has 0 aromatic heterocycles. The molecule has 18 heavy (non-hydrogen) atoms. The fourth-order valence-corrected chi connectivity index (χ4v) is 2.05. The highest BCUT2D eigenvalue weighted by Gasteiger charge is 2.20. The molecule has 0 radical (unpaired) electrons. The number of benzene rings is 1. The van der Waals surface area contributed by atoms with Crippen LogP contribution in [0.3, 0.4) is 0 Å². The van der Waals surface area contributed by atoms with E-state index in [9.17, 15) is 4.79 Å². The van der Waals surface area contributed by atoms with Gasteiger partial charge in [0.25, 0.3) is 5.91 Å². The van der Waals surface area contributed by atoms with Gasteiger partial charge in [0.15, 0.2) is 6.61 Å². The van der Waals surface area contributed by atoms with Gasteiger partial charge in [0.1, 0.15) is 5.75 Å². The van der Waals surface area contributed by atoms with Gasteiger partial charge in [-0.2, -0.15) is 0 Å². The second kappa shape index (κ2) is 6.07. The summed E-state index contributed by atoms with van der Waals surface area (Å²) in [6.45, 7) is 4.47. The first kappa shape index (κ1) is 13.2. The van der Waals surface area contributed by atoms with E-state index in [1.165, 1.54) is 0 Å². The Kier molecular flexibility index (Phi) is 4.44. The Labute approximate surface area is 112 Å². The van der Waals surface area contributed by atoms with Gasteiger partial charge in [0.05, 0.1) is 0 Å². The summed E-state index contributed by atoms with van der Waals surface area (Å²) >= 11 is 5.77. The standard InChI is InChI=1S/C13H17ClN2O2/c1-10-8-16(7-6-15-10)13(17)9-18-12-4-2-11(14)3-5-12/h2-5,10,15H,6-9H2,1H3. The monoisotopic (exact) mass is 268 g/mol. The Morgan fingerprint density at radius 1 is 1.50 bits per heavy atom. The minimum absolute atomic E-state index is 0.0262. The van der Waals surface area contributed by atoms with Gasteiger partial charge in [-0.3, -0.25) is 4.79 Å². The van der Waals surface area contributed by atoms with Crippen molar-refractivity contribution in [3.8, 4) is 5.75 Å². The number of amides is 1. The van der Waals surface area contributed by atoms with Gasteiger partial charge in [-0.1, -0.05) is 11.6 Å². The third-order valence-electron chi connectivity index (χ3n) is 2.90. The SMILES string of the molecule is CC1CN(C(=O)COc2ccc(Cl)cc2)CCN1. The lowest BCUT2D eigenvalue weighted by atomic mass is 10.2. The number of halogens is 1. The number of nitrogens with zero attached hydrogens (tertiary/aromatic N) is 1. The highest BCUT2D eigenvalue weighted by molar-refractivity contribution is 6.30. The number of rotatable bonds is 3. The molecule has 1 aromatic rings. The lowest BCUT2D eigenvalue weighted by Gasteiger charge is -2.31. The normalized spacial score (nSPS) is 19.7. The number of carbonyl (C=O) groups excluding carboxylic acids is 1. The summed E-state index contributed by atoms with van der Waals surface area (Å²) in [6.07, 6.45) is 0. The summed E-state index contributed by atoms with van der Waals surface area (Å²) in [6, 6.07) is 7.35. The first-order chi connectivity index (χ1) is 8.65. The molecule has 0 aliphatic carbocycles. The molecule has 1 aliphatic rings. The highest BCUT2D eigenvalue weighted by atomic mass is 35.5. The maximum atomic E-state index is 11.9. The Morgan fingerprint density at radius 3 is 2.89 bits per heavy atom. The summed E-state index contributed by atoms with van der Waals surface area (Å²) in [7, 11) is 0. The molecule has 5 heteroatoms. The van der Waals surface area contributed by atoms with Crippen molar-refractivity contribution in [2.75, 3.05) is 26.2 Å². The fourth-order valence-electron chi connectivity index (χ4n) is 1.93. The largest absolute Gasteiger partial charge is 0.484 e. The van der Waals surface area contributed by atoms with Crippen LogP contribution in [0.1, 0.15) is 6.92 Å². The molecule has 1 heterocycles. The predicted molar refractivity (Wildman–Crippen MR) is 71.0 cm³/mol. The fraction of sp³-hybridized carbons (Fsp3) is 0.462. The van der Waals surface area contributed by atoms with Crippen molar-refractivity contribution >= 4 is 17.5 Å². The van der Waals surface area contributed by atoms with Crippen molar-refractivity contribution in [3.05, 3.63) is 29.3 Å². The smallest absolute Gasteiger partial charge is 0.260 e. The zero-order chi connectivity index (χ0) is 13.0. The molecule has 1 aromatic carbocycles. The van der Waals surface area contributed by atoms with Crippen molar-refractivity contribution in [3.63, 3.8) is 0 Å². The van der Waals surface area contributed by atoms with Crippen LogP contribution in [0.25, 0.3) is 0 Å². The first-order valence-electron chi connectivity index (χ1n) is 6.04. The number of nitrogens with one attached hydrogen (secondary N) is 1. The minimum Gasteiger partial charge on any atom is -0.484 e. The third-order valence-corrected chi connectivity index (χ3v) is 3.15. The first-order valence-corrected chi connectivity index (χ1v) is 6.42. The number of hydrogen-bond acceptors (Lipinski definition) is 3. The van der Waals surface area contributed by atoms with Crippen LogP contribution in [-0.4, -0.2) is 43.1 Å². The average Bonchev–Trinajstić information content (AvgIpc) is 2.38. The number of hydrogen-bond donors (Lipinski definition) is 1. The van der Waals surface area contributed by atoms with Crippen LogP contribution in [-0.2, 0) is 4.79 Å². The topological polar surface area (TPSA) is 41.6 Å². The molecular formula is C13H17ClN2O2. The maximum Gasteiger partial charge on any atom is 0.260 e. The third kappa shape index (κ3) is 3.62. The summed E-state index contributed by atoms with van der Waals surface area (Å²) in [5.74, 6) is 0.689. The van der Waals surface area contributed by atoms with Gasteiger partial charge < -0.3 is 15.0 Å². The van der Waals surface area contributed by atoms with Crippen molar-refractivity contribution in [2.24, 2.45) is 0 Å². The Morgan fingerprint density at radius 2 is 2.22 bits per heavy atom. The number of ether oxygens (including phenoxy) is 1. The van der Waals surface area contributed by atoms with Crippen LogP contribution in [0.2, 0.25) is 5.02 Å². The minimum atomic E-state index is 0.0262. The summed E-state index contributed by atoms with van der Waals surface area (Å²) in [4.78, 5) is 13.8. The predicted octanol–water partition coefficient (Wildman–Crippen LogP) is 1.54. The van der Waals surface area contributed by atoms with E-state index in [0.717, 1.165) is 19.6 Å². The van der Waals surface area contributed by atoms with Gasteiger partial charge in [0.2, 0.25) is 0 Å². The van der Waals surface area contributed by atoms with E-state index in [2.05, 4.69) is 12.2 Å². The van der Waals surface area contributed by atoms with E-state index in [-0.39, 0.29) is 12.5 Å². The molecule has 2 rings (SSSR count). The van der Waals surface area contributed by atoms with E-state index < -0.39 is 0 Å². The Balaban J connectivity index is 1.82. The zero-order valence-electron chi connectivity index (χ0n) is 10.4. The van der Waals surface area contributed by atoms with E-state index in [1.807, 2.05) is 4.90 Å². The quantitative estimate of drug-likeness (QED) is 0.904. The van der Waals surface area contributed by atoms with Gasteiger partial charge in [-0.15, -0.1) is 0 Å². The Hall–Kier alpha value is -1.26. The van der Waals surface area contributed by atoms with Crippen LogP contribution in [0, 0.1) is 0 Å². The summed E-state index contributed by atoms with van der Waals surface area (Å²) in [5.41, 5.74) is 0. The van der Waals surface area contributed by atoms with Crippen molar-refractivity contribution in [2.45, 2.75) is 13.0 Å². The number of piperazine rings is 1. The van der Waals surface area contributed by atoms with Gasteiger partial charge >= 0.3 is 0 Å². The molecule has 1 atom stereocenters. The number of carbonyl (C=O) groups is 1. The highest BCUT2D eigenvalue weighted by Crippen LogP contribution is 2.15. The molecular weight excluding hydrogens is 252 g/mol. The summed E-state index contributed by atoms with van der Waals surface area (Å²) < 4.78 is 5.44. The van der Waals surface area contributed by atoms with Crippen LogP contribution in [0.5, 0.6) is 5.75 Å². The molecule has 1 aliphatic heterocycles. The van der Waals surface area contributed by atoms with Crippen molar-refractivity contribution < 1.29 is 9.53 Å². The van der Waals surface area contributed by atoms with E-state index in [4.69, 9.17) is 16.3 Å². The second-order valence-electron chi connectivity index (χ2n) is 4.44. The molecule has 98 valence electrons. The lowest BCUT2D eigenvalue weighted by molar-refractivity contribution is -0.134. The van der Waals surface area contributed by atoms with E-state index in [1.54, 1.807) is 24.3 Å². The zero-order valence-corrected chi connectivity index (χ0v) is 11.1. The van der Waals surface area contributed by atoms with Gasteiger partial charge in [-0.25, -0.2) is 0 Å². The van der Waals surface area contributed by atoms with Crippen LogP contribution < -0.4 is 10.1 Å². The molecule has 1 N–H and O–H groups in total. The Bertz CT molecular complexity index is 408. The van der Waals surface area contributed by atoms with E-state index >= 15 is 0 Å².